The Morgan fingerprint density at radius 2 is 1.81 bits per heavy atom. The monoisotopic (exact) mass is 220 g/mol. The summed E-state index contributed by atoms with van der Waals surface area (Å²) in [5.74, 6) is -0.978. The first-order chi connectivity index (χ1) is 7.65. The molecule has 1 aliphatic rings. The topological polar surface area (TPSA) is 78.4 Å². The molecule has 0 saturated heterocycles. The van der Waals surface area contributed by atoms with Crippen molar-refractivity contribution >= 4 is 17.7 Å². The average Bonchev–Trinajstić information content (AvgIpc) is 3.02. The molecule has 5 nitrogen and oxygen atoms in total. The number of aromatic carboxylic acids is 1. The molecule has 0 bridgehead atoms. The smallest absolute Gasteiger partial charge is 0.335 e. The molecule has 1 saturated carbocycles. The van der Waals surface area contributed by atoms with E-state index in [0.717, 1.165) is 12.8 Å². The summed E-state index contributed by atoms with van der Waals surface area (Å²) >= 11 is 0. The maximum absolute atomic E-state index is 11.3. The van der Waals surface area contributed by atoms with Gasteiger partial charge in [0.25, 0.3) is 0 Å². The van der Waals surface area contributed by atoms with E-state index in [2.05, 4.69) is 10.6 Å². The Bertz CT molecular complexity index is 410. The van der Waals surface area contributed by atoms with Gasteiger partial charge in [-0.25, -0.2) is 9.59 Å². The van der Waals surface area contributed by atoms with Crippen LogP contribution in [0.5, 0.6) is 0 Å². The molecule has 5 heteroatoms. The molecular weight excluding hydrogens is 208 g/mol. The maximum Gasteiger partial charge on any atom is 0.335 e. The number of rotatable bonds is 3. The SMILES string of the molecule is O=C(Nc1ccc(C(=O)O)cc1)NC1CC1. The Kier molecular flexibility index (Phi) is 2.76. The molecule has 2 amide bonds. The van der Waals surface area contributed by atoms with Crippen molar-refractivity contribution in [2.24, 2.45) is 0 Å². The average molecular weight is 220 g/mol. The van der Waals surface area contributed by atoms with Crippen LogP contribution in [0.25, 0.3) is 0 Å². The van der Waals surface area contributed by atoms with E-state index in [0.29, 0.717) is 11.7 Å². The third kappa shape index (κ3) is 2.73. The van der Waals surface area contributed by atoms with E-state index in [1.54, 1.807) is 12.1 Å². The van der Waals surface area contributed by atoms with E-state index in [1.165, 1.54) is 12.1 Å². The van der Waals surface area contributed by atoms with Gasteiger partial charge < -0.3 is 15.7 Å². The molecule has 0 heterocycles. The summed E-state index contributed by atoms with van der Waals surface area (Å²) in [7, 11) is 0. The Hall–Kier alpha value is -2.04. The number of anilines is 1. The van der Waals surface area contributed by atoms with Gasteiger partial charge in [0.15, 0.2) is 0 Å². The van der Waals surface area contributed by atoms with Gasteiger partial charge in [-0.15, -0.1) is 0 Å². The Morgan fingerprint density at radius 1 is 1.19 bits per heavy atom. The summed E-state index contributed by atoms with van der Waals surface area (Å²) in [6, 6.07) is 6.10. The minimum Gasteiger partial charge on any atom is -0.478 e. The first kappa shape index (κ1) is 10.5. The second kappa shape index (κ2) is 4.22. The van der Waals surface area contributed by atoms with Gasteiger partial charge in [-0.3, -0.25) is 0 Å². The van der Waals surface area contributed by atoms with E-state index in [-0.39, 0.29) is 11.6 Å². The Labute approximate surface area is 92.5 Å². The summed E-state index contributed by atoms with van der Waals surface area (Å²) in [4.78, 5) is 21.9. The third-order valence-electron chi connectivity index (χ3n) is 2.30. The normalized spacial score (nSPS) is 14.2. The number of nitrogens with one attached hydrogen (secondary N) is 2. The van der Waals surface area contributed by atoms with Crippen LogP contribution < -0.4 is 10.6 Å². The molecule has 0 radical (unpaired) electrons. The van der Waals surface area contributed by atoms with Gasteiger partial charge in [-0.05, 0) is 37.1 Å². The van der Waals surface area contributed by atoms with Gasteiger partial charge >= 0.3 is 12.0 Å². The zero-order valence-corrected chi connectivity index (χ0v) is 8.56. The zero-order valence-electron chi connectivity index (χ0n) is 8.56. The van der Waals surface area contributed by atoms with Crippen molar-refractivity contribution in [2.75, 3.05) is 5.32 Å². The van der Waals surface area contributed by atoms with Crippen molar-refractivity contribution in [1.29, 1.82) is 0 Å². The van der Waals surface area contributed by atoms with E-state index < -0.39 is 5.97 Å². The summed E-state index contributed by atoms with van der Waals surface area (Å²) in [6.45, 7) is 0. The van der Waals surface area contributed by atoms with E-state index in [1.807, 2.05) is 0 Å². The minimum atomic E-state index is -0.978. The Balaban J connectivity index is 1.93. The summed E-state index contributed by atoms with van der Waals surface area (Å²) in [5.41, 5.74) is 0.788. The number of benzene rings is 1. The summed E-state index contributed by atoms with van der Waals surface area (Å²) < 4.78 is 0. The summed E-state index contributed by atoms with van der Waals surface area (Å²) in [5, 5.41) is 14.1. The molecule has 1 aromatic rings. The number of hydrogen-bond acceptors (Lipinski definition) is 2. The van der Waals surface area contributed by atoms with Crippen molar-refractivity contribution in [2.45, 2.75) is 18.9 Å². The van der Waals surface area contributed by atoms with E-state index >= 15 is 0 Å². The van der Waals surface area contributed by atoms with Crippen LogP contribution in [0.15, 0.2) is 24.3 Å². The van der Waals surface area contributed by atoms with Crippen LogP contribution in [0.4, 0.5) is 10.5 Å². The highest BCUT2D eigenvalue weighted by Crippen LogP contribution is 2.18. The molecule has 0 aromatic heterocycles. The second-order valence-corrected chi connectivity index (χ2v) is 3.76. The highest BCUT2D eigenvalue weighted by Gasteiger charge is 2.23. The first-order valence-corrected chi connectivity index (χ1v) is 5.06. The fraction of sp³-hybridized carbons (Fsp3) is 0.273. The van der Waals surface area contributed by atoms with Crippen molar-refractivity contribution in [3.63, 3.8) is 0 Å². The van der Waals surface area contributed by atoms with Gasteiger partial charge in [0, 0.05) is 11.7 Å². The number of urea groups is 1. The van der Waals surface area contributed by atoms with Crippen LogP contribution in [0.3, 0.4) is 0 Å². The predicted octanol–water partition coefficient (Wildman–Crippen LogP) is 1.67. The number of hydrogen-bond donors (Lipinski definition) is 3. The van der Waals surface area contributed by atoms with Crippen molar-refractivity contribution in [1.82, 2.24) is 5.32 Å². The molecule has 84 valence electrons. The molecule has 1 fully saturated rings. The van der Waals surface area contributed by atoms with Crippen LogP contribution in [-0.4, -0.2) is 23.1 Å². The van der Waals surface area contributed by atoms with Gasteiger partial charge in [-0.2, -0.15) is 0 Å². The quantitative estimate of drug-likeness (QED) is 0.725. The van der Waals surface area contributed by atoms with Crippen LogP contribution in [0, 0.1) is 0 Å². The number of carbonyl (C=O) groups is 2. The van der Waals surface area contributed by atoms with Crippen LogP contribution in [-0.2, 0) is 0 Å². The molecule has 0 unspecified atom stereocenters. The highest BCUT2D eigenvalue weighted by molar-refractivity contribution is 5.91. The predicted molar refractivity (Wildman–Crippen MR) is 58.6 cm³/mol. The molecule has 0 spiro atoms. The molecule has 1 aliphatic carbocycles. The van der Waals surface area contributed by atoms with Crippen LogP contribution in [0.2, 0.25) is 0 Å². The van der Waals surface area contributed by atoms with Crippen LogP contribution >= 0.6 is 0 Å². The zero-order chi connectivity index (χ0) is 11.5. The third-order valence-corrected chi connectivity index (χ3v) is 2.30. The lowest BCUT2D eigenvalue weighted by molar-refractivity contribution is 0.0697. The van der Waals surface area contributed by atoms with Crippen molar-refractivity contribution < 1.29 is 14.7 Å². The lowest BCUT2D eigenvalue weighted by Gasteiger charge is -2.06. The van der Waals surface area contributed by atoms with E-state index in [9.17, 15) is 9.59 Å². The fourth-order valence-electron chi connectivity index (χ4n) is 1.28. The lowest BCUT2D eigenvalue weighted by Crippen LogP contribution is -2.30. The lowest BCUT2D eigenvalue weighted by atomic mass is 10.2. The number of carboxylic acids is 1. The standard InChI is InChI=1S/C11H12N2O3/c14-10(15)7-1-3-8(4-2-7)12-11(16)13-9-5-6-9/h1-4,9H,5-6H2,(H,14,15)(H2,12,13,16). The highest BCUT2D eigenvalue weighted by atomic mass is 16.4. The van der Waals surface area contributed by atoms with E-state index in [4.69, 9.17) is 5.11 Å². The Morgan fingerprint density at radius 3 is 2.31 bits per heavy atom. The molecule has 3 N–H and O–H groups in total. The molecule has 0 atom stereocenters. The largest absolute Gasteiger partial charge is 0.478 e. The second-order valence-electron chi connectivity index (χ2n) is 3.76. The maximum atomic E-state index is 11.3. The molecular formula is C11H12N2O3. The molecule has 2 rings (SSSR count). The van der Waals surface area contributed by atoms with Gasteiger partial charge in [0.05, 0.1) is 5.56 Å². The minimum absolute atomic E-state index is 0.202. The van der Waals surface area contributed by atoms with Gasteiger partial charge in [-0.1, -0.05) is 0 Å². The molecule has 16 heavy (non-hydrogen) atoms. The number of amides is 2. The van der Waals surface area contributed by atoms with Gasteiger partial charge in [0.1, 0.15) is 0 Å². The first-order valence-electron chi connectivity index (χ1n) is 5.06. The van der Waals surface area contributed by atoms with Crippen molar-refractivity contribution in [3.05, 3.63) is 29.8 Å². The molecule has 1 aromatic carbocycles. The van der Waals surface area contributed by atoms with Gasteiger partial charge in [0.2, 0.25) is 0 Å². The van der Waals surface area contributed by atoms with Crippen molar-refractivity contribution in [3.8, 4) is 0 Å². The fourth-order valence-corrected chi connectivity index (χ4v) is 1.28. The van der Waals surface area contributed by atoms with Crippen LogP contribution in [0.1, 0.15) is 23.2 Å². The number of carbonyl (C=O) groups excluding carboxylic acids is 1. The summed E-state index contributed by atoms with van der Waals surface area (Å²) in [6.07, 6.45) is 2.07. The number of carboxylic acid groups (broad SMARTS) is 1. The molecule has 0 aliphatic heterocycles.